The van der Waals surface area contributed by atoms with Crippen molar-refractivity contribution >= 4 is 11.3 Å². The van der Waals surface area contributed by atoms with Crippen molar-refractivity contribution in [1.82, 2.24) is 10.3 Å². The Labute approximate surface area is 115 Å². The molecule has 1 atom stereocenters. The van der Waals surface area contributed by atoms with Gasteiger partial charge in [-0.2, -0.15) is 0 Å². The molecule has 0 saturated carbocycles. The SMILES string of the molecule is Cc1nc(C)c(CNC(C)c2cc(F)cc(F)c2)s1. The van der Waals surface area contributed by atoms with E-state index in [-0.39, 0.29) is 6.04 Å². The number of nitrogens with zero attached hydrogens (tertiary/aromatic N) is 1. The van der Waals surface area contributed by atoms with Gasteiger partial charge in [0.1, 0.15) is 11.6 Å². The molecule has 5 heteroatoms. The number of thiazole rings is 1. The molecule has 19 heavy (non-hydrogen) atoms. The van der Waals surface area contributed by atoms with E-state index in [2.05, 4.69) is 10.3 Å². The lowest BCUT2D eigenvalue weighted by Gasteiger charge is -2.14. The van der Waals surface area contributed by atoms with Gasteiger partial charge in [0.15, 0.2) is 0 Å². The van der Waals surface area contributed by atoms with Crippen molar-refractivity contribution in [2.24, 2.45) is 0 Å². The Morgan fingerprint density at radius 3 is 2.37 bits per heavy atom. The monoisotopic (exact) mass is 282 g/mol. The van der Waals surface area contributed by atoms with Crippen LogP contribution in [-0.2, 0) is 6.54 Å². The summed E-state index contributed by atoms with van der Waals surface area (Å²) in [6.45, 7) is 6.47. The van der Waals surface area contributed by atoms with Crippen LogP contribution in [0.3, 0.4) is 0 Å². The highest BCUT2D eigenvalue weighted by Crippen LogP contribution is 2.20. The van der Waals surface area contributed by atoms with E-state index >= 15 is 0 Å². The highest BCUT2D eigenvalue weighted by Gasteiger charge is 2.10. The highest BCUT2D eigenvalue weighted by atomic mass is 32.1. The predicted molar refractivity (Wildman–Crippen MR) is 73.2 cm³/mol. The molecule has 1 heterocycles. The lowest BCUT2D eigenvalue weighted by molar-refractivity contribution is 0.546. The zero-order chi connectivity index (χ0) is 14.0. The summed E-state index contributed by atoms with van der Waals surface area (Å²) in [5.41, 5.74) is 1.61. The number of hydrogen-bond acceptors (Lipinski definition) is 3. The third-order valence-corrected chi connectivity index (χ3v) is 4.03. The Bertz CT molecular complexity index is 561. The van der Waals surface area contributed by atoms with Crippen LogP contribution in [0.4, 0.5) is 8.78 Å². The van der Waals surface area contributed by atoms with Crippen molar-refractivity contribution in [3.05, 3.63) is 51.0 Å². The first-order valence-corrected chi connectivity index (χ1v) is 6.89. The van der Waals surface area contributed by atoms with Gasteiger partial charge in [-0.05, 0) is 38.5 Å². The maximum absolute atomic E-state index is 13.1. The van der Waals surface area contributed by atoms with Crippen molar-refractivity contribution < 1.29 is 8.78 Å². The topological polar surface area (TPSA) is 24.9 Å². The van der Waals surface area contributed by atoms with E-state index in [1.54, 1.807) is 11.3 Å². The normalized spacial score (nSPS) is 12.7. The van der Waals surface area contributed by atoms with Gasteiger partial charge in [0.2, 0.25) is 0 Å². The third kappa shape index (κ3) is 3.58. The number of rotatable bonds is 4. The first kappa shape index (κ1) is 14.1. The van der Waals surface area contributed by atoms with E-state index in [0.717, 1.165) is 21.6 Å². The molecule has 2 rings (SSSR count). The number of benzene rings is 1. The molecule has 102 valence electrons. The second-order valence-corrected chi connectivity index (χ2v) is 5.83. The van der Waals surface area contributed by atoms with Gasteiger partial charge in [-0.1, -0.05) is 0 Å². The van der Waals surface area contributed by atoms with Crippen LogP contribution in [0.25, 0.3) is 0 Å². The Balaban J connectivity index is 2.05. The second-order valence-electron chi connectivity index (χ2n) is 4.55. The van der Waals surface area contributed by atoms with Crippen molar-refractivity contribution in [1.29, 1.82) is 0 Å². The van der Waals surface area contributed by atoms with Crippen LogP contribution in [0, 0.1) is 25.5 Å². The molecule has 0 bridgehead atoms. The second kappa shape index (κ2) is 5.75. The summed E-state index contributed by atoms with van der Waals surface area (Å²) in [5, 5.41) is 4.29. The lowest BCUT2D eigenvalue weighted by atomic mass is 10.1. The minimum absolute atomic E-state index is 0.119. The van der Waals surface area contributed by atoms with Gasteiger partial charge in [-0.25, -0.2) is 13.8 Å². The maximum atomic E-state index is 13.1. The van der Waals surface area contributed by atoms with Gasteiger partial charge in [-0.15, -0.1) is 11.3 Å². The van der Waals surface area contributed by atoms with Crippen LogP contribution in [-0.4, -0.2) is 4.98 Å². The fraction of sp³-hybridized carbons (Fsp3) is 0.357. The van der Waals surface area contributed by atoms with Crippen LogP contribution in [0.2, 0.25) is 0 Å². The first-order valence-electron chi connectivity index (χ1n) is 6.08. The molecule has 0 saturated heterocycles. The zero-order valence-corrected chi connectivity index (χ0v) is 11.9. The Morgan fingerprint density at radius 1 is 1.21 bits per heavy atom. The van der Waals surface area contributed by atoms with Crippen LogP contribution in [0.5, 0.6) is 0 Å². The summed E-state index contributed by atoms with van der Waals surface area (Å²) >= 11 is 1.64. The number of aromatic nitrogens is 1. The summed E-state index contributed by atoms with van der Waals surface area (Å²) in [4.78, 5) is 5.50. The molecular formula is C14H16F2N2S. The van der Waals surface area contributed by atoms with E-state index in [9.17, 15) is 8.78 Å². The van der Waals surface area contributed by atoms with E-state index in [0.29, 0.717) is 12.1 Å². The number of hydrogen-bond donors (Lipinski definition) is 1. The average Bonchev–Trinajstić information content (AvgIpc) is 2.63. The number of halogens is 2. The molecule has 0 aliphatic carbocycles. The van der Waals surface area contributed by atoms with Gasteiger partial charge in [0, 0.05) is 23.5 Å². The summed E-state index contributed by atoms with van der Waals surface area (Å²) in [6.07, 6.45) is 0. The molecule has 0 radical (unpaired) electrons. The molecule has 1 aromatic carbocycles. The minimum Gasteiger partial charge on any atom is -0.305 e. The van der Waals surface area contributed by atoms with Gasteiger partial charge >= 0.3 is 0 Å². The zero-order valence-electron chi connectivity index (χ0n) is 11.1. The van der Waals surface area contributed by atoms with E-state index in [1.165, 1.54) is 12.1 Å². The Hall–Kier alpha value is -1.33. The molecule has 0 aliphatic rings. The Kier molecular flexibility index (Phi) is 4.27. The molecular weight excluding hydrogens is 266 g/mol. The van der Waals surface area contributed by atoms with Gasteiger partial charge in [-0.3, -0.25) is 0 Å². The van der Waals surface area contributed by atoms with E-state index < -0.39 is 11.6 Å². The van der Waals surface area contributed by atoms with Gasteiger partial charge < -0.3 is 5.32 Å². The summed E-state index contributed by atoms with van der Waals surface area (Å²) < 4.78 is 26.3. The molecule has 0 aliphatic heterocycles. The maximum Gasteiger partial charge on any atom is 0.126 e. The molecule has 0 amide bonds. The molecule has 2 nitrogen and oxygen atoms in total. The van der Waals surface area contributed by atoms with E-state index in [1.807, 2.05) is 20.8 Å². The molecule has 1 aromatic heterocycles. The summed E-state index contributed by atoms with van der Waals surface area (Å²) in [5.74, 6) is -1.10. The molecule has 2 aromatic rings. The average molecular weight is 282 g/mol. The summed E-state index contributed by atoms with van der Waals surface area (Å²) in [6, 6.07) is 3.47. The molecule has 1 unspecified atom stereocenters. The molecule has 0 spiro atoms. The van der Waals surface area contributed by atoms with Crippen LogP contribution < -0.4 is 5.32 Å². The van der Waals surface area contributed by atoms with Crippen molar-refractivity contribution in [2.45, 2.75) is 33.4 Å². The Morgan fingerprint density at radius 2 is 1.84 bits per heavy atom. The van der Waals surface area contributed by atoms with Crippen LogP contribution in [0.1, 0.15) is 34.1 Å². The van der Waals surface area contributed by atoms with Crippen LogP contribution in [0.15, 0.2) is 18.2 Å². The highest BCUT2D eigenvalue weighted by molar-refractivity contribution is 7.11. The number of aryl methyl sites for hydroxylation is 2. The number of nitrogens with one attached hydrogen (secondary N) is 1. The predicted octanol–water partition coefficient (Wildman–Crippen LogP) is 3.89. The fourth-order valence-electron chi connectivity index (χ4n) is 1.93. The van der Waals surface area contributed by atoms with Crippen molar-refractivity contribution in [3.63, 3.8) is 0 Å². The largest absolute Gasteiger partial charge is 0.305 e. The van der Waals surface area contributed by atoms with Gasteiger partial charge in [0.25, 0.3) is 0 Å². The van der Waals surface area contributed by atoms with Gasteiger partial charge in [0.05, 0.1) is 10.7 Å². The minimum atomic E-state index is -0.548. The molecule has 1 N–H and O–H groups in total. The standard InChI is InChI=1S/C14H16F2N2S/c1-8(11-4-12(15)6-13(16)5-11)17-7-14-9(2)18-10(3)19-14/h4-6,8,17H,7H2,1-3H3. The smallest absolute Gasteiger partial charge is 0.126 e. The lowest BCUT2D eigenvalue weighted by Crippen LogP contribution is -2.18. The molecule has 0 fully saturated rings. The first-order chi connectivity index (χ1) is 8.95. The third-order valence-electron chi connectivity index (χ3n) is 2.95. The quantitative estimate of drug-likeness (QED) is 0.920. The van der Waals surface area contributed by atoms with Crippen molar-refractivity contribution in [3.8, 4) is 0 Å². The summed E-state index contributed by atoms with van der Waals surface area (Å²) in [7, 11) is 0. The fourth-order valence-corrected chi connectivity index (χ4v) is 2.81. The van der Waals surface area contributed by atoms with E-state index in [4.69, 9.17) is 0 Å². The van der Waals surface area contributed by atoms with Crippen LogP contribution >= 0.6 is 11.3 Å². The van der Waals surface area contributed by atoms with Crippen molar-refractivity contribution in [2.75, 3.05) is 0 Å².